The van der Waals surface area contributed by atoms with Crippen molar-refractivity contribution >= 4 is 39.7 Å². The third kappa shape index (κ3) is 14.8. The smallest absolute Gasteiger partial charge is 0.266 e. The summed E-state index contributed by atoms with van der Waals surface area (Å²) in [7, 11) is -3.63. The van der Waals surface area contributed by atoms with Gasteiger partial charge in [-0.15, -0.1) is 0 Å². The van der Waals surface area contributed by atoms with Crippen LogP contribution in [0, 0.1) is 13.8 Å². The number of aryl methyl sites for hydroxylation is 1. The zero-order valence-corrected chi connectivity index (χ0v) is 23.7. The molecule has 175 valence electrons. The van der Waals surface area contributed by atoms with Gasteiger partial charge in [0.05, 0.1) is 11.5 Å². The van der Waals surface area contributed by atoms with Gasteiger partial charge in [-0.3, -0.25) is 4.18 Å². The normalized spacial score (nSPS) is 11.5. The summed E-state index contributed by atoms with van der Waals surface area (Å²) in [6.45, 7) is 6.31. The Morgan fingerprint density at radius 1 is 0.677 bits per heavy atom. The average molecular weight is 462 g/mol. The minimum absolute atomic E-state index is 0. The van der Waals surface area contributed by atoms with E-state index in [1.165, 1.54) is 89.9 Å². The van der Waals surface area contributed by atoms with Gasteiger partial charge in [-0.25, -0.2) is 0 Å². The second-order valence-corrected chi connectivity index (χ2v) is 10.4. The number of rotatable bonds is 19. The first-order chi connectivity index (χ1) is 14.5. The number of hydrogen-bond acceptors (Lipinski definition) is 3. The standard InChI is InChI=1S/C26H46O3S.Na/c1-4-5-6-7-8-9-10-11-12-13-14-15-16-17-18-19-23-29-30(27,28)26-22-20-21-24(2)25(26)3;/h20-22H,4-19,23H2,1-3H3;. The van der Waals surface area contributed by atoms with Crippen LogP contribution in [-0.2, 0) is 14.3 Å². The first-order valence-corrected chi connectivity index (χ1v) is 13.9. The van der Waals surface area contributed by atoms with Gasteiger partial charge >= 0.3 is 0 Å². The van der Waals surface area contributed by atoms with E-state index in [2.05, 4.69) is 6.92 Å². The van der Waals surface area contributed by atoms with E-state index >= 15 is 0 Å². The molecule has 0 aliphatic carbocycles. The molecule has 0 aliphatic heterocycles. The van der Waals surface area contributed by atoms with E-state index in [0.717, 1.165) is 24.0 Å². The summed E-state index contributed by atoms with van der Waals surface area (Å²) in [5.41, 5.74) is 1.76. The Kier molecular flexibility index (Phi) is 19.7. The molecule has 0 amide bonds. The Morgan fingerprint density at radius 3 is 1.55 bits per heavy atom. The molecule has 1 aromatic carbocycles. The summed E-state index contributed by atoms with van der Waals surface area (Å²) < 4.78 is 29.9. The summed E-state index contributed by atoms with van der Waals surface area (Å²) in [4.78, 5) is 0.305. The zero-order chi connectivity index (χ0) is 22.1. The van der Waals surface area contributed by atoms with Crippen molar-refractivity contribution in [1.29, 1.82) is 0 Å². The van der Waals surface area contributed by atoms with E-state index in [1.54, 1.807) is 12.1 Å². The van der Waals surface area contributed by atoms with Crippen LogP contribution in [0.1, 0.15) is 121 Å². The molecule has 1 rings (SSSR count). The molecular weight excluding hydrogens is 415 g/mol. The first-order valence-electron chi connectivity index (χ1n) is 12.4. The molecule has 0 aliphatic rings. The van der Waals surface area contributed by atoms with E-state index in [1.807, 2.05) is 19.9 Å². The molecule has 0 saturated heterocycles. The predicted octanol–water partition coefficient (Wildman–Crippen LogP) is 7.89. The molecule has 0 spiro atoms. The molecule has 0 bridgehead atoms. The summed E-state index contributed by atoms with van der Waals surface area (Å²) in [6, 6.07) is 5.32. The number of benzene rings is 1. The van der Waals surface area contributed by atoms with Gasteiger partial charge in [0.1, 0.15) is 0 Å². The first kappa shape index (κ1) is 31.1. The molecule has 0 N–H and O–H groups in total. The Bertz CT molecular complexity index is 659. The second kappa shape index (κ2) is 19.6. The van der Waals surface area contributed by atoms with Crippen LogP contribution < -0.4 is 0 Å². The van der Waals surface area contributed by atoms with Gasteiger partial charge in [0.15, 0.2) is 0 Å². The second-order valence-electron chi connectivity index (χ2n) is 8.78. The van der Waals surface area contributed by atoms with Gasteiger partial charge in [-0.2, -0.15) is 8.42 Å². The molecule has 3 nitrogen and oxygen atoms in total. The predicted molar refractivity (Wildman–Crippen MR) is 134 cm³/mol. The largest absolute Gasteiger partial charge is 0.297 e. The Labute approximate surface area is 215 Å². The Hall–Kier alpha value is 0.130. The average Bonchev–Trinajstić information content (AvgIpc) is 2.72. The van der Waals surface area contributed by atoms with Crippen molar-refractivity contribution in [2.75, 3.05) is 6.61 Å². The van der Waals surface area contributed by atoms with Crippen molar-refractivity contribution in [2.45, 2.75) is 128 Å². The fourth-order valence-corrected chi connectivity index (χ4v) is 5.12. The molecule has 5 heteroatoms. The minimum Gasteiger partial charge on any atom is -0.266 e. The Morgan fingerprint density at radius 2 is 1.10 bits per heavy atom. The molecule has 0 saturated carbocycles. The maximum Gasteiger partial charge on any atom is 0.297 e. The minimum atomic E-state index is -3.63. The number of hydrogen-bond donors (Lipinski definition) is 0. The van der Waals surface area contributed by atoms with Gasteiger partial charge in [0, 0.05) is 29.6 Å². The van der Waals surface area contributed by atoms with Gasteiger partial charge in [0.2, 0.25) is 0 Å². The van der Waals surface area contributed by atoms with Crippen LogP contribution in [-0.4, -0.2) is 44.6 Å². The summed E-state index contributed by atoms with van der Waals surface area (Å²) >= 11 is 0. The quantitative estimate of drug-likeness (QED) is 0.119. The summed E-state index contributed by atoms with van der Waals surface area (Å²) in [6.07, 6.45) is 20.9. The van der Waals surface area contributed by atoms with Crippen molar-refractivity contribution < 1.29 is 12.6 Å². The fraction of sp³-hybridized carbons (Fsp3) is 0.769. The zero-order valence-electron chi connectivity index (χ0n) is 20.9. The monoisotopic (exact) mass is 461 g/mol. The van der Waals surface area contributed by atoms with Crippen molar-refractivity contribution in [3.8, 4) is 0 Å². The third-order valence-corrected chi connectivity index (χ3v) is 7.52. The van der Waals surface area contributed by atoms with Crippen LogP contribution in [0.25, 0.3) is 0 Å². The van der Waals surface area contributed by atoms with Crippen LogP contribution in [0.3, 0.4) is 0 Å². The molecule has 0 aromatic heterocycles. The summed E-state index contributed by atoms with van der Waals surface area (Å²) in [5.74, 6) is 0. The van der Waals surface area contributed by atoms with Gasteiger partial charge in [-0.1, -0.05) is 115 Å². The van der Waals surface area contributed by atoms with Gasteiger partial charge < -0.3 is 0 Å². The van der Waals surface area contributed by atoms with E-state index in [9.17, 15) is 8.42 Å². The van der Waals surface area contributed by atoms with Gasteiger partial charge in [-0.05, 0) is 37.5 Å². The SMILES string of the molecule is CCCCCCCCCCCCCCCCCCOS(=O)(=O)c1cccc(C)c1C.[Na]. The number of unbranched alkanes of at least 4 members (excludes halogenated alkanes) is 15. The Balaban J connectivity index is 0.00000900. The van der Waals surface area contributed by atoms with Crippen molar-refractivity contribution in [3.05, 3.63) is 29.3 Å². The topological polar surface area (TPSA) is 43.4 Å². The molecule has 1 radical (unpaired) electrons. The third-order valence-electron chi connectivity index (χ3n) is 6.06. The van der Waals surface area contributed by atoms with Crippen LogP contribution in [0.4, 0.5) is 0 Å². The van der Waals surface area contributed by atoms with E-state index in [4.69, 9.17) is 4.18 Å². The maximum absolute atomic E-state index is 12.3. The molecular formula is C26H46NaO3S. The van der Waals surface area contributed by atoms with E-state index in [-0.39, 0.29) is 36.2 Å². The van der Waals surface area contributed by atoms with Gasteiger partial charge in [0.25, 0.3) is 10.1 Å². The van der Waals surface area contributed by atoms with E-state index in [0.29, 0.717) is 4.90 Å². The fourth-order valence-electron chi connectivity index (χ4n) is 3.88. The molecule has 0 fully saturated rings. The van der Waals surface area contributed by atoms with E-state index < -0.39 is 10.1 Å². The molecule has 1 aromatic rings. The van der Waals surface area contributed by atoms with Crippen LogP contribution in [0.15, 0.2) is 23.1 Å². The molecule has 0 heterocycles. The molecule has 31 heavy (non-hydrogen) atoms. The summed E-state index contributed by atoms with van der Waals surface area (Å²) in [5, 5.41) is 0. The maximum atomic E-state index is 12.3. The van der Waals surface area contributed by atoms with Crippen LogP contribution in [0.2, 0.25) is 0 Å². The van der Waals surface area contributed by atoms with Crippen LogP contribution in [0.5, 0.6) is 0 Å². The van der Waals surface area contributed by atoms with Crippen molar-refractivity contribution in [2.24, 2.45) is 0 Å². The van der Waals surface area contributed by atoms with Crippen molar-refractivity contribution in [1.82, 2.24) is 0 Å². The van der Waals surface area contributed by atoms with Crippen molar-refractivity contribution in [3.63, 3.8) is 0 Å². The molecule has 0 atom stereocenters. The molecule has 0 unspecified atom stereocenters. The van der Waals surface area contributed by atoms with Crippen LogP contribution >= 0.6 is 0 Å².